The molecule has 1 aromatic carbocycles. The van der Waals surface area contributed by atoms with Crippen LogP contribution in [0.4, 0.5) is 10.2 Å². The zero-order valence-electron chi connectivity index (χ0n) is 14.1. The topological polar surface area (TPSA) is 102 Å². The Morgan fingerprint density at radius 1 is 1.30 bits per heavy atom. The number of nitrogens with one attached hydrogen (secondary N) is 1. The van der Waals surface area contributed by atoms with E-state index in [-0.39, 0.29) is 17.3 Å². The van der Waals surface area contributed by atoms with E-state index in [0.717, 1.165) is 10.2 Å². The highest BCUT2D eigenvalue weighted by Gasteiger charge is 2.23. The van der Waals surface area contributed by atoms with E-state index in [1.165, 1.54) is 31.3 Å². The Bertz CT molecular complexity index is 983. The first-order valence-electron chi connectivity index (χ1n) is 7.90. The van der Waals surface area contributed by atoms with Gasteiger partial charge in [-0.2, -0.15) is 10.2 Å². The van der Waals surface area contributed by atoms with Crippen molar-refractivity contribution in [1.29, 1.82) is 0 Å². The molecule has 0 spiro atoms. The molecule has 0 fully saturated rings. The van der Waals surface area contributed by atoms with Crippen LogP contribution in [0.5, 0.6) is 0 Å². The Balaban J connectivity index is 1.72. The maximum atomic E-state index is 13.0. The molecule has 27 heavy (non-hydrogen) atoms. The van der Waals surface area contributed by atoms with Crippen molar-refractivity contribution in [2.45, 2.75) is 19.5 Å². The number of aromatic nitrogens is 4. The van der Waals surface area contributed by atoms with Gasteiger partial charge in [-0.15, -0.1) is 0 Å². The fourth-order valence-corrected chi connectivity index (χ4v) is 2.88. The third-order valence-electron chi connectivity index (χ3n) is 3.85. The number of anilines is 1. The standard InChI is InChI=1S/C17H15BrFN5O3/c1-10(24-14(17(26)27)6-7-20-24)16(25)21-15-13(18)9-23(22-15)8-11-2-4-12(19)5-3-11/h2-7,9-10H,8H2,1H3,(H,26,27)(H,21,22,25). The summed E-state index contributed by atoms with van der Waals surface area (Å²) in [7, 11) is 0. The van der Waals surface area contributed by atoms with Gasteiger partial charge in [0.05, 0.1) is 11.0 Å². The van der Waals surface area contributed by atoms with Crippen LogP contribution in [0.25, 0.3) is 0 Å². The Morgan fingerprint density at radius 3 is 2.67 bits per heavy atom. The highest BCUT2D eigenvalue weighted by atomic mass is 79.9. The van der Waals surface area contributed by atoms with Crippen LogP contribution in [0.3, 0.4) is 0 Å². The molecule has 3 rings (SSSR count). The summed E-state index contributed by atoms with van der Waals surface area (Å²) in [5, 5.41) is 20.0. The zero-order chi connectivity index (χ0) is 19.6. The minimum atomic E-state index is -1.17. The van der Waals surface area contributed by atoms with Crippen molar-refractivity contribution < 1.29 is 19.1 Å². The number of amides is 1. The van der Waals surface area contributed by atoms with Gasteiger partial charge < -0.3 is 10.4 Å². The van der Waals surface area contributed by atoms with Crippen LogP contribution in [0, 0.1) is 5.82 Å². The number of hydrogen-bond acceptors (Lipinski definition) is 4. The van der Waals surface area contributed by atoms with Gasteiger partial charge in [-0.05, 0) is 46.6 Å². The monoisotopic (exact) mass is 435 g/mol. The summed E-state index contributed by atoms with van der Waals surface area (Å²) in [6.45, 7) is 1.94. The fourth-order valence-electron chi connectivity index (χ4n) is 2.46. The Labute approximate surface area is 161 Å². The van der Waals surface area contributed by atoms with E-state index in [4.69, 9.17) is 5.11 Å². The minimum absolute atomic E-state index is 0.0847. The lowest BCUT2D eigenvalue weighted by Gasteiger charge is -2.13. The van der Waals surface area contributed by atoms with Crippen LogP contribution in [0.1, 0.15) is 29.0 Å². The van der Waals surface area contributed by atoms with Gasteiger partial charge in [-0.1, -0.05) is 12.1 Å². The molecule has 2 heterocycles. The van der Waals surface area contributed by atoms with Gasteiger partial charge in [0.1, 0.15) is 17.6 Å². The lowest BCUT2D eigenvalue weighted by Crippen LogP contribution is -2.27. The van der Waals surface area contributed by atoms with Gasteiger partial charge >= 0.3 is 5.97 Å². The predicted molar refractivity (Wildman–Crippen MR) is 98.0 cm³/mol. The number of aromatic carboxylic acids is 1. The van der Waals surface area contributed by atoms with Gasteiger partial charge in [0.15, 0.2) is 5.82 Å². The summed E-state index contributed by atoms with van der Waals surface area (Å²) in [5.41, 5.74) is 0.763. The maximum Gasteiger partial charge on any atom is 0.354 e. The van der Waals surface area contributed by atoms with E-state index >= 15 is 0 Å². The van der Waals surface area contributed by atoms with E-state index in [2.05, 4.69) is 31.4 Å². The van der Waals surface area contributed by atoms with Crippen LogP contribution in [-0.4, -0.2) is 36.5 Å². The van der Waals surface area contributed by atoms with Crippen molar-refractivity contribution in [3.8, 4) is 0 Å². The molecule has 1 amide bonds. The highest BCUT2D eigenvalue weighted by Crippen LogP contribution is 2.22. The molecular weight excluding hydrogens is 421 g/mol. The molecule has 0 radical (unpaired) electrons. The van der Waals surface area contributed by atoms with Gasteiger partial charge in [-0.25, -0.2) is 13.9 Å². The summed E-state index contributed by atoms with van der Waals surface area (Å²) in [4.78, 5) is 23.6. The molecule has 3 aromatic rings. The van der Waals surface area contributed by atoms with Crippen LogP contribution >= 0.6 is 15.9 Å². The SMILES string of the molecule is CC(C(=O)Nc1nn(Cc2ccc(F)cc2)cc1Br)n1nccc1C(=O)O. The fraction of sp³-hybridized carbons (Fsp3) is 0.176. The van der Waals surface area contributed by atoms with E-state index in [0.29, 0.717) is 11.0 Å². The van der Waals surface area contributed by atoms with Crippen LogP contribution in [0.15, 0.2) is 47.2 Å². The van der Waals surface area contributed by atoms with E-state index in [1.807, 2.05) is 0 Å². The molecule has 0 saturated carbocycles. The Kier molecular flexibility index (Phi) is 5.36. The van der Waals surface area contributed by atoms with Gasteiger partial charge in [0, 0.05) is 12.4 Å². The van der Waals surface area contributed by atoms with Crippen molar-refractivity contribution in [1.82, 2.24) is 19.6 Å². The van der Waals surface area contributed by atoms with E-state index < -0.39 is 17.9 Å². The molecule has 0 aliphatic carbocycles. The number of rotatable bonds is 6. The van der Waals surface area contributed by atoms with Crippen molar-refractivity contribution in [2.24, 2.45) is 0 Å². The smallest absolute Gasteiger partial charge is 0.354 e. The van der Waals surface area contributed by atoms with Crippen LogP contribution in [0.2, 0.25) is 0 Å². The summed E-state index contributed by atoms with van der Waals surface area (Å²) < 4.78 is 16.3. The van der Waals surface area contributed by atoms with Crippen molar-refractivity contribution in [3.63, 3.8) is 0 Å². The predicted octanol–water partition coefficient (Wildman–Crippen LogP) is 2.93. The molecule has 10 heteroatoms. The largest absolute Gasteiger partial charge is 0.477 e. The first-order chi connectivity index (χ1) is 12.8. The second kappa shape index (κ2) is 7.70. The van der Waals surface area contributed by atoms with E-state index in [1.54, 1.807) is 23.0 Å². The Morgan fingerprint density at radius 2 is 2.00 bits per heavy atom. The normalized spacial score (nSPS) is 12.0. The number of carboxylic acids is 1. The number of hydrogen-bond donors (Lipinski definition) is 2. The lowest BCUT2D eigenvalue weighted by molar-refractivity contribution is -0.119. The summed E-state index contributed by atoms with van der Waals surface area (Å²) in [6.07, 6.45) is 3.00. The average Bonchev–Trinajstić information content (AvgIpc) is 3.23. The van der Waals surface area contributed by atoms with Crippen LogP contribution < -0.4 is 5.32 Å². The number of carbonyl (C=O) groups excluding carboxylic acids is 1. The summed E-state index contributed by atoms with van der Waals surface area (Å²) in [5.74, 6) is -1.66. The number of carbonyl (C=O) groups is 2. The maximum absolute atomic E-state index is 13.0. The average molecular weight is 436 g/mol. The number of benzene rings is 1. The molecule has 2 aromatic heterocycles. The molecule has 1 atom stereocenters. The molecule has 8 nitrogen and oxygen atoms in total. The number of nitrogens with zero attached hydrogens (tertiary/aromatic N) is 4. The molecule has 0 bridgehead atoms. The van der Waals surface area contributed by atoms with Crippen LogP contribution in [-0.2, 0) is 11.3 Å². The second-order valence-corrected chi connectivity index (χ2v) is 6.64. The third-order valence-corrected chi connectivity index (χ3v) is 4.43. The highest BCUT2D eigenvalue weighted by molar-refractivity contribution is 9.10. The molecule has 0 aliphatic heterocycles. The zero-order valence-corrected chi connectivity index (χ0v) is 15.7. The third kappa shape index (κ3) is 4.22. The van der Waals surface area contributed by atoms with Crippen molar-refractivity contribution in [2.75, 3.05) is 5.32 Å². The molecule has 2 N–H and O–H groups in total. The summed E-state index contributed by atoms with van der Waals surface area (Å²) >= 11 is 3.33. The first kappa shape index (κ1) is 18.8. The molecular formula is C17H15BrFN5O3. The lowest BCUT2D eigenvalue weighted by atomic mass is 10.2. The second-order valence-electron chi connectivity index (χ2n) is 5.78. The number of halogens is 2. The van der Waals surface area contributed by atoms with Gasteiger partial charge in [-0.3, -0.25) is 9.48 Å². The van der Waals surface area contributed by atoms with Crippen molar-refractivity contribution in [3.05, 3.63) is 64.3 Å². The summed E-state index contributed by atoms with van der Waals surface area (Å²) in [6, 6.07) is 6.50. The molecule has 0 saturated heterocycles. The molecule has 0 aliphatic rings. The van der Waals surface area contributed by atoms with Gasteiger partial charge in [0.25, 0.3) is 0 Å². The molecule has 1 unspecified atom stereocenters. The quantitative estimate of drug-likeness (QED) is 0.619. The van der Waals surface area contributed by atoms with E-state index in [9.17, 15) is 14.0 Å². The Hall–Kier alpha value is -3.01. The molecule has 140 valence electrons. The van der Waals surface area contributed by atoms with Crippen molar-refractivity contribution >= 4 is 33.6 Å². The first-order valence-corrected chi connectivity index (χ1v) is 8.69. The minimum Gasteiger partial charge on any atom is -0.477 e. The number of carboxylic acid groups (broad SMARTS) is 1. The van der Waals surface area contributed by atoms with Gasteiger partial charge in [0.2, 0.25) is 5.91 Å².